The van der Waals surface area contributed by atoms with Gasteiger partial charge in [0.25, 0.3) is 0 Å². The van der Waals surface area contributed by atoms with E-state index in [0.29, 0.717) is 0 Å². The minimum absolute atomic E-state index is 0.00598. The Morgan fingerprint density at radius 2 is 2.12 bits per heavy atom. The summed E-state index contributed by atoms with van der Waals surface area (Å²) >= 11 is -0.0617. The molecule has 1 heterocycles. The van der Waals surface area contributed by atoms with Gasteiger partial charge in [-0.1, -0.05) is 0 Å². The van der Waals surface area contributed by atoms with Gasteiger partial charge in [0, 0.05) is 6.04 Å². The molecule has 0 fully saturated rings. The summed E-state index contributed by atoms with van der Waals surface area (Å²) in [4.78, 5) is 10.8. The Morgan fingerprint density at radius 1 is 1.53 bits per heavy atom. The molecule has 10 heteroatoms. The zero-order chi connectivity index (χ0) is 13.2. The molecule has 0 radical (unpaired) electrons. The Labute approximate surface area is 99.9 Å². The van der Waals surface area contributed by atoms with E-state index in [9.17, 15) is 13.6 Å². The summed E-state index contributed by atoms with van der Waals surface area (Å²) in [6.07, 6.45) is 0. The number of aromatic nitrogens is 3. The number of rotatable bonds is 4. The molecule has 0 aliphatic carbocycles. The molecule has 0 aromatic carbocycles. The van der Waals surface area contributed by atoms with E-state index in [2.05, 4.69) is 16.0 Å². The molecule has 1 aromatic heterocycles. The van der Waals surface area contributed by atoms with Crippen LogP contribution in [0.15, 0.2) is 5.16 Å². The lowest BCUT2D eigenvalue weighted by molar-refractivity contribution is -0.134. The number of alkyl halides is 2. The van der Waals surface area contributed by atoms with Crippen molar-refractivity contribution in [1.29, 1.82) is 0 Å². The minimum Gasteiger partial charge on any atom is -0.368 e. The second-order valence-corrected chi connectivity index (χ2v) is 4.48. The van der Waals surface area contributed by atoms with E-state index in [1.807, 2.05) is 0 Å². The fraction of sp³-hybridized carbons (Fsp3) is 0.571. The van der Waals surface area contributed by atoms with Crippen molar-refractivity contribution in [2.24, 2.45) is 5.84 Å². The molecule has 17 heavy (non-hydrogen) atoms. The summed E-state index contributed by atoms with van der Waals surface area (Å²) in [5.74, 6) is 3.05. The van der Waals surface area contributed by atoms with Crippen molar-refractivity contribution in [1.82, 2.24) is 20.2 Å². The zero-order valence-corrected chi connectivity index (χ0v) is 9.96. The number of nitrogens with two attached hydrogens (primary N) is 2. The Hall–Kier alpha value is -1.42. The van der Waals surface area contributed by atoms with E-state index in [1.165, 1.54) is 9.99 Å². The second kappa shape index (κ2) is 4.84. The average molecular weight is 266 g/mol. The SMILES string of the molecule is CC(C)n1c(N)nnc1SC(F)(F)C(=O)NN. The number of hydrazine groups is 1. The Kier molecular flexibility index (Phi) is 3.88. The van der Waals surface area contributed by atoms with Gasteiger partial charge in [-0.25, -0.2) is 5.84 Å². The first-order valence-corrected chi connectivity index (χ1v) is 5.39. The Morgan fingerprint density at radius 3 is 2.59 bits per heavy atom. The predicted molar refractivity (Wildman–Crippen MR) is 58.0 cm³/mol. The molecular formula is C7H12F2N6OS. The fourth-order valence-corrected chi connectivity index (χ4v) is 1.95. The topological polar surface area (TPSA) is 112 Å². The molecule has 0 spiro atoms. The summed E-state index contributed by atoms with van der Waals surface area (Å²) < 4.78 is 27.9. The van der Waals surface area contributed by atoms with E-state index in [4.69, 9.17) is 5.73 Å². The fourth-order valence-electron chi connectivity index (χ4n) is 1.09. The summed E-state index contributed by atoms with van der Waals surface area (Å²) in [6, 6.07) is -0.204. The first-order chi connectivity index (χ1) is 7.79. The van der Waals surface area contributed by atoms with E-state index in [-0.39, 0.29) is 28.9 Å². The molecule has 0 saturated carbocycles. The summed E-state index contributed by atoms with van der Waals surface area (Å²) in [6.45, 7) is 3.45. The summed E-state index contributed by atoms with van der Waals surface area (Å²) in [5, 5.41) is 3.09. The van der Waals surface area contributed by atoms with Crippen molar-refractivity contribution < 1.29 is 13.6 Å². The van der Waals surface area contributed by atoms with E-state index in [0.717, 1.165) is 0 Å². The van der Waals surface area contributed by atoms with Gasteiger partial charge in [0.1, 0.15) is 0 Å². The number of nitrogens with one attached hydrogen (secondary N) is 1. The van der Waals surface area contributed by atoms with Crippen LogP contribution in [0, 0.1) is 0 Å². The second-order valence-electron chi connectivity index (χ2n) is 3.40. The van der Waals surface area contributed by atoms with Crippen molar-refractivity contribution in [2.75, 3.05) is 5.73 Å². The molecule has 7 nitrogen and oxygen atoms in total. The molecule has 0 bridgehead atoms. The highest BCUT2D eigenvalue weighted by molar-refractivity contribution is 8.00. The number of carbonyl (C=O) groups excluding carboxylic acids is 1. The van der Waals surface area contributed by atoms with E-state index < -0.39 is 11.2 Å². The van der Waals surface area contributed by atoms with Crippen molar-refractivity contribution >= 4 is 23.6 Å². The monoisotopic (exact) mass is 266 g/mol. The molecule has 5 N–H and O–H groups in total. The smallest absolute Gasteiger partial charge is 0.368 e. The van der Waals surface area contributed by atoms with Gasteiger partial charge in [-0.2, -0.15) is 8.78 Å². The summed E-state index contributed by atoms with van der Waals surface area (Å²) in [7, 11) is 0. The highest BCUT2D eigenvalue weighted by Gasteiger charge is 2.42. The van der Waals surface area contributed by atoms with Crippen LogP contribution in [0.2, 0.25) is 0 Å². The molecule has 0 aliphatic rings. The predicted octanol–water partition coefficient (Wildman–Crippen LogP) is 0.116. The third-order valence-electron chi connectivity index (χ3n) is 1.82. The van der Waals surface area contributed by atoms with Gasteiger partial charge in [-0.15, -0.1) is 10.2 Å². The molecule has 1 rings (SSSR count). The molecular weight excluding hydrogens is 254 g/mol. The molecule has 0 atom stereocenters. The van der Waals surface area contributed by atoms with Gasteiger partial charge < -0.3 is 5.73 Å². The van der Waals surface area contributed by atoms with Crippen LogP contribution in [0.5, 0.6) is 0 Å². The van der Waals surface area contributed by atoms with Crippen LogP contribution in [0.4, 0.5) is 14.7 Å². The number of nitrogens with zero attached hydrogens (tertiary/aromatic N) is 3. The lowest BCUT2D eigenvalue weighted by atomic mass is 10.4. The highest BCUT2D eigenvalue weighted by atomic mass is 32.2. The van der Waals surface area contributed by atoms with Gasteiger partial charge in [0.05, 0.1) is 0 Å². The maximum absolute atomic E-state index is 13.3. The van der Waals surface area contributed by atoms with Crippen LogP contribution in [0.1, 0.15) is 19.9 Å². The Balaban J connectivity index is 3.00. The van der Waals surface area contributed by atoms with E-state index >= 15 is 0 Å². The number of hydrogen-bond acceptors (Lipinski definition) is 6. The van der Waals surface area contributed by atoms with Crippen molar-refractivity contribution in [2.45, 2.75) is 30.3 Å². The van der Waals surface area contributed by atoms with Crippen LogP contribution >= 0.6 is 11.8 Å². The van der Waals surface area contributed by atoms with Crippen LogP contribution in [0.3, 0.4) is 0 Å². The number of carbonyl (C=O) groups is 1. The third kappa shape index (κ3) is 2.82. The normalized spacial score (nSPS) is 11.9. The number of hydrogen-bond donors (Lipinski definition) is 3. The molecule has 0 unspecified atom stereocenters. The first-order valence-electron chi connectivity index (χ1n) is 4.58. The van der Waals surface area contributed by atoms with Crippen LogP contribution in [-0.2, 0) is 4.79 Å². The zero-order valence-electron chi connectivity index (χ0n) is 9.15. The molecule has 96 valence electrons. The number of nitrogen functional groups attached to an aromatic ring is 1. The summed E-state index contributed by atoms with van der Waals surface area (Å²) in [5.41, 5.74) is 6.86. The molecule has 0 aliphatic heterocycles. The number of amides is 1. The van der Waals surface area contributed by atoms with Gasteiger partial charge in [0.15, 0.2) is 5.16 Å². The van der Waals surface area contributed by atoms with Gasteiger partial charge in [0.2, 0.25) is 5.95 Å². The number of halogens is 2. The largest absolute Gasteiger partial charge is 0.379 e. The first kappa shape index (κ1) is 13.6. The van der Waals surface area contributed by atoms with Crippen molar-refractivity contribution in [3.05, 3.63) is 0 Å². The molecule has 1 aromatic rings. The maximum atomic E-state index is 13.3. The lowest BCUT2D eigenvalue weighted by Gasteiger charge is -2.15. The van der Waals surface area contributed by atoms with Crippen LogP contribution in [-0.4, -0.2) is 25.9 Å². The van der Waals surface area contributed by atoms with Crippen LogP contribution in [0.25, 0.3) is 0 Å². The number of thioether (sulfide) groups is 1. The van der Waals surface area contributed by atoms with Crippen molar-refractivity contribution in [3.8, 4) is 0 Å². The third-order valence-corrected chi connectivity index (χ3v) is 2.72. The number of anilines is 1. The standard InChI is InChI=1S/C7H12F2N6OS/c1-3(2)15-5(10)13-14-6(15)17-7(8,9)4(16)12-11/h3H,11H2,1-2H3,(H2,10,13)(H,12,16). The molecule has 1 amide bonds. The quantitative estimate of drug-likeness (QED) is 0.309. The lowest BCUT2D eigenvalue weighted by Crippen LogP contribution is -2.41. The van der Waals surface area contributed by atoms with Gasteiger partial charge in [-0.3, -0.25) is 14.8 Å². The van der Waals surface area contributed by atoms with E-state index in [1.54, 1.807) is 13.8 Å². The molecule has 0 saturated heterocycles. The van der Waals surface area contributed by atoms with Gasteiger partial charge in [-0.05, 0) is 25.6 Å². The Bertz CT molecular complexity index is 420. The maximum Gasteiger partial charge on any atom is 0.379 e. The van der Waals surface area contributed by atoms with Crippen molar-refractivity contribution in [3.63, 3.8) is 0 Å². The van der Waals surface area contributed by atoms with Gasteiger partial charge >= 0.3 is 11.2 Å². The highest BCUT2D eigenvalue weighted by Crippen LogP contribution is 2.36. The average Bonchev–Trinajstić information content (AvgIpc) is 2.57. The minimum atomic E-state index is -3.74. The van der Waals surface area contributed by atoms with Crippen LogP contribution < -0.4 is 17.0 Å².